The summed E-state index contributed by atoms with van der Waals surface area (Å²) in [6.45, 7) is 12.2. The molecule has 0 saturated heterocycles. The van der Waals surface area contributed by atoms with Gasteiger partial charge in [0.05, 0.1) is 0 Å². The van der Waals surface area contributed by atoms with E-state index in [1.165, 1.54) is 13.0 Å². The van der Waals surface area contributed by atoms with E-state index in [0.717, 1.165) is 0 Å². The molecule has 0 amide bonds. The first-order valence-corrected chi connectivity index (χ1v) is 4.65. The number of hydrogen-bond donors (Lipinski definition) is 1. The number of hydrogen-bond acceptors (Lipinski definition) is 3. The van der Waals surface area contributed by atoms with Gasteiger partial charge in [-0.3, -0.25) is 4.79 Å². The van der Waals surface area contributed by atoms with Crippen LogP contribution in [0.4, 0.5) is 0 Å². The molecule has 3 heteroatoms. The molecule has 0 aromatic carbocycles. The third-order valence-corrected chi connectivity index (χ3v) is 2.58. The summed E-state index contributed by atoms with van der Waals surface area (Å²) in [5, 5.41) is 10.2. The molecule has 0 aromatic rings. The first-order chi connectivity index (χ1) is 6.13. The van der Waals surface area contributed by atoms with E-state index in [1.807, 2.05) is 20.8 Å². The average Bonchev–Trinajstić information content (AvgIpc) is 1.97. The number of rotatable bonds is 3. The minimum Gasteiger partial charge on any atom is -0.455 e. The standard InChI is InChI=1S/C11H20O3/c1-7-9(14-8(2)12)11(6,13)10(3,4)5/h7,9,13H,1H2,2-6H3/t9-,11-/m0/s1. The minimum atomic E-state index is -1.12. The second-order valence-corrected chi connectivity index (χ2v) is 4.66. The van der Waals surface area contributed by atoms with Gasteiger partial charge in [0.1, 0.15) is 11.7 Å². The molecule has 0 bridgehead atoms. The maximum Gasteiger partial charge on any atom is 0.303 e. The van der Waals surface area contributed by atoms with Crippen molar-refractivity contribution in [1.29, 1.82) is 0 Å². The highest BCUT2D eigenvalue weighted by molar-refractivity contribution is 5.66. The van der Waals surface area contributed by atoms with Crippen molar-refractivity contribution < 1.29 is 14.6 Å². The summed E-state index contributed by atoms with van der Waals surface area (Å²) in [6, 6.07) is 0. The molecular weight excluding hydrogens is 180 g/mol. The molecular formula is C11H20O3. The monoisotopic (exact) mass is 200 g/mol. The fourth-order valence-electron chi connectivity index (χ4n) is 0.998. The number of carbonyl (C=O) groups is 1. The van der Waals surface area contributed by atoms with Gasteiger partial charge in [-0.25, -0.2) is 0 Å². The molecule has 3 nitrogen and oxygen atoms in total. The zero-order valence-electron chi connectivity index (χ0n) is 9.63. The van der Waals surface area contributed by atoms with Crippen molar-refractivity contribution in [3.05, 3.63) is 12.7 Å². The molecule has 0 saturated carbocycles. The average molecular weight is 200 g/mol. The van der Waals surface area contributed by atoms with Crippen LogP contribution in [0.3, 0.4) is 0 Å². The van der Waals surface area contributed by atoms with Crippen LogP contribution in [0.25, 0.3) is 0 Å². The summed E-state index contributed by atoms with van der Waals surface area (Å²) < 4.78 is 4.98. The molecule has 82 valence electrons. The molecule has 2 atom stereocenters. The van der Waals surface area contributed by atoms with Crippen molar-refractivity contribution in [2.75, 3.05) is 0 Å². The lowest BCUT2D eigenvalue weighted by Crippen LogP contribution is -2.50. The third-order valence-electron chi connectivity index (χ3n) is 2.58. The van der Waals surface area contributed by atoms with E-state index in [1.54, 1.807) is 6.92 Å². The summed E-state index contributed by atoms with van der Waals surface area (Å²) in [5.74, 6) is -0.417. The molecule has 0 heterocycles. The summed E-state index contributed by atoms with van der Waals surface area (Å²) in [7, 11) is 0. The summed E-state index contributed by atoms with van der Waals surface area (Å²) in [4.78, 5) is 10.8. The second-order valence-electron chi connectivity index (χ2n) is 4.66. The Morgan fingerprint density at radius 2 is 1.86 bits per heavy atom. The molecule has 0 radical (unpaired) electrons. The fraction of sp³-hybridized carbons (Fsp3) is 0.727. The van der Waals surface area contributed by atoms with Crippen molar-refractivity contribution in [2.24, 2.45) is 5.41 Å². The first-order valence-electron chi connectivity index (χ1n) is 4.65. The lowest BCUT2D eigenvalue weighted by molar-refractivity contribution is -0.167. The SMILES string of the molecule is C=C[C@H](OC(C)=O)[C@](C)(O)C(C)(C)C. The van der Waals surface area contributed by atoms with Crippen LogP contribution >= 0.6 is 0 Å². The van der Waals surface area contributed by atoms with E-state index in [9.17, 15) is 9.90 Å². The topological polar surface area (TPSA) is 46.5 Å². The normalized spacial score (nSPS) is 18.1. The second kappa shape index (κ2) is 4.13. The molecule has 1 N–H and O–H groups in total. The van der Waals surface area contributed by atoms with Crippen molar-refractivity contribution in [2.45, 2.75) is 46.3 Å². The van der Waals surface area contributed by atoms with Crippen LogP contribution in [0.15, 0.2) is 12.7 Å². The molecule has 0 aromatic heterocycles. The molecule has 0 aliphatic heterocycles. The lowest BCUT2D eigenvalue weighted by Gasteiger charge is -2.41. The highest BCUT2D eigenvalue weighted by Crippen LogP contribution is 2.34. The molecule has 14 heavy (non-hydrogen) atoms. The van der Waals surface area contributed by atoms with Crippen LogP contribution in [0.2, 0.25) is 0 Å². The van der Waals surface area contributed by atoms with E-state index in [-0.39, 0.29) is 5.41 Å². The Morgan fingerprint density at radius 1 is 1.43 bits per heavy atom. The number of carbonyl (C=O) groups excluding carboxylic acids is 1. The number of esters is 1. The van der Waals surface area contributed by atoms with Gasteiger partial charge in [-0.15, -0.1) is 0 Å². The fourth-order valence-corrected chi connectivity index (χ4v) is 0.998. The Kier molecular flexibility index (Phi) is 3.89. The quantitative estimate of drug-likeness (QED) is 0.559. The van der Waals surface area contributed by atoms with Crippen molar-refractivity contribution in [3.8, 4) is 0 Å². The molecule has 0 aliphatic carbocycles. The van der Waals surface area contributed by atoms with Crippen molar-refractivity contribution >= 4 is 5.97 Å². The van der Waals surface area contributed by atoms with Gasteiger partial charge in [0.25, 0.3) is 0 Å². The predicted octanol–water partition coefficient (Wildman–Crippen LogP) is 1.90. The Labute approximate surface area is 85.8 Å². The molecule has 0 unspecified atom stereocenters. The highest BCUT2D eigenvalue weighted by Gasteiger charge is 2.43. The van der Waals surface area contributed by atoms with E-state index >= 15 is 0 Å². The predicted molar refractivity (Wildman–Crippen MR) is 55.8 cm³/mol. The zero-order valence-corrected chi connectivity index (χ0v) is 9.63. The number of aliphatic hydroxyl groups is 1. The molecule has 0 spiro atoms. The maximum atomic E-state index is 10.8. The molecule has 0 aliphatic rings. The van der Waals surface area contributed by atoms with Gasteiger partial charge in [0, 0.05) is 6.92 Å². The van der Waals surface area contributed by atoms with Gasteiger partial charge in [0.2, 0.25) is 0 Å². The van der Waals surface area contributed by atoms with Crippen molar-refractivity contribution in [1.82, 2.24) is 0 Å². The third kappa shape index (κ3) is 2.84. The van der Waals surface area contributed by atoms with Crippen LogP contribution < -0.4 is 0 Å². The smallest absolute Gasteiger partial charge is 0.303 e. The van der Waals surface area contributed by atoms with E-state index in [2.05, 4.69) is 6.58 Å². The van der Waals surface area contributed by atoms with Gasteiger partial charge >= 0.3 is 5.97 Å². The van der Waals surface area contributed by atoms with Crippen LogP contribution in [-0.2, 0) is 9.53 Å². The van der Waals surface area contributed by atoms with Crippen LogP contribution in [0, 0.1) is 5.41 Å². The minimum absolute atomic E-state index is 0.388. The van der Waals surface area contributed by atoms with Gasteiger partial charge < -0.3 is 9.84 Å². The van der Waals surface area contributed by atoms with E-state index < -0.39 is 17.7 Å². The van der Waals surface area contributed by atoms with Crippen LogP contribution in [-0.4, -0.2) is 22.8 Å². The first kappa shape index (κ1) is 13.2. The maximum absolute atomic E-state index is 10.8. The Bertz CT molecular complexity index is 223. The number of ether oxygens (including phenoxy) is 1. The van der Waals surface area contributed by atoms with Gasteiger partial charge in [-0.1, -0.05) is 27.4 Å². The Balaban J connectivity index is 4.83. The summed E-state index contributed by atoms with van der Waals surface area (Å²) >= 11 is 0. The summed E-state index contributed by atoms with van der Waals surface area (Å²) in [5.41, 5.74) is -1.51. The van der Waals surface area contributed by atoms with Crippen LogP contribution in [0.1, 0.15) is 34.6 Å². The molecule has 0 fully saturated rings. The van der Waals surface area contributed by atoms with Crippen molar-refractivity contribution in [3.63, 3.8) is 0 Å². The largest absolute Gasteiger partial charge is 0.455 e. The Morgan fingerprint density at radius 3 is 2.07 bits per heavy atom. The van der Waals surface area contributed by atoms with Crippen LogP contribution in [0.5, 0.6) is 0 Å². The highest BCUT2D eigenvalue weighted by atomic mass is 16.6. The van der Waals surface area contributed by atoms with Gasteiger partial charge in [-0.05, 0) is 18.4 Å². The van der Waals surface area contributed by atoms with E-state index in [4.69, 9.17) is 4.74 Å². The van der Waals surface area contributed by atoms with E-state index in [0.29, 0.717) is 0 Å². The zero-order chi connectivity index (χ0) is 11.6. The van der Waals surface area contributed by atoms with Gasteiger partial charge in [0.15, 0.2) is 0 Å². The lowest BCUT2D eigenvalue weighted by atomic mass is 9.74. The molecule has 0 rings (SSSR count). The Hall–Kier alpha value is -0.830. The summed E-state index contributed by atoms with van der Waals surface area (Å²) in [6.07, 6.45) is 0.770. The van der Waals surface area contributed by atoms with Gasteiger partial charge in [-0.2, -0.15) is 0 Å².